The Hall–Kier alpha value is -6.38. The summed E-state index contributed by atoms with van der Waals surface area (Å²) in [6, 6.07) is 44.3. The van der Waals surface area contributed by atoms with Gasteiger partial charge in [0.15, 0.2) is 0 Å². The Balaban J connectivity index is 1.47. The molecule has 0 amide bonds. The van der Waals surface area contributed by atoms with E-state index in [0.29, 0.717) is 0 Å². The Morgan fingerprint density at radius 1 is 0.741 bits per heavy atom. The van der Waals surface area contributed by atoms with Crippen LogP contribution in [-0.4, -0.2) is 4.57 Å². The highest BCUT2D eigenvalue weighted by Gasteiger charge is 2.25. The summed E-state index contributed by atoms with van der Waals surface area (Å²) >= 11 is 0. The largest absolute Gasteiger partial charge is 0.315 e. The minimum Gasteiger partial charge on any atom is -0.315 e. The fourth-order valence-electron chi connectivity index (χ4n) is 7.95. The SMILES string of the molecule is C=C/C=C\C=C(/C)N(C1=C(C)C(c2cc(-c3ccccc3)cc(-c3cccc4c3c3ccccc3n4C(/C=C\C)=C/C=C)c2)CCC=C1)c1ccccc1. The molecule has 1 aromatic heterocycles. The highest BCUT2D eigenvalue weighted by atomic mass is 15.2. The zero-order chi connectivity index (χ0) is 37.4. The second-order valence-corrected chi connectivity index (χ2v) is 13.8. The summed E-state index contributed by atoms with van der Waals surface area (Å²) in [6.07, 6.45) is 22.9. The molecule has 0 aliphatic heterocycles. The number of nitrogens with zero attached hydrogens (tertiary/aromatic N) is 2. The maximum atomic E-state index is 4.04. The third-order valence-electron chi connectivity index (χ3n) is 10.4. The second kappa shape index (κ2) is 16.5. The van der Waals surface area contributed by atoms with Crippen molar-refractivity contribution >= 4 is 33.2 Å². The van der Waals surface area contributed by atoms with E-state index in [1.807, 2.05) is 18.2 Å². The Kier molecular flexibility index (Phi) is 11.0. The van der Waals surface area contributed by atoms with Crippen molar-refractivity contribution in [3.63, 3.8) is 0 Å². The van der Waals surface area contributed by atoms with Gasteiger partial charge in [0.2, 0.25) is 0 Å². The van der Waals surface area contributed by atoms with Crippen LogP contribution in [0.25, 0.3) is 49.8 Å². The first kappa shape index (κ1) is 36.0. The third-order valence-corrected chi connectivity index (χ3v) is 10.4. The lowest BCUT2D eigenvalue weighted by Gasteiger charge is -2.30. The van der Waals surface area contributed by atoms with Crippen LogP contribution in [-0.2, 0) is 0 Å². The molecule has 1 aliphatic carbocycles. The van der Waals surface area contributed by atoms with Crippen LogP contribution in [0.4, 0.5) is 5.69 Å². The molecule has 1 aliphatic rings. The van der Waals surface area contributed by atoms with Gasteiger partial charge >= 0.3 is 0 Å². The molecular formula is C52H48N2. The first-order valence-electron chi connectivity index (χ1n) is 18.9. The molecule has 6 aromatic rings. The van der Waals surface area contributed by atoms with Gasteiger partial charge in [-0.3, -0.25) is 0 Å². The third kappa shape index (κ3) is 7.16. The predicted molar refractivity (Wildman–Crippen MR) is 235 cm³/mol. The van der Waals surface area contributed by atoms with Crippen molar-refractivity contribution in [1.82, 2.24) is 4.57 Å². The lowest BCUT2D eigenvalue weighted by Crippen LogP contribution is -2.21. The van der Waals surface area contributed by atoms with E-state index in [0.717, 1.165) is 29.9 Å². The zero-order valence-electron chi connectivity index (χ0n) is 31.6. The highest BCUT2D eigenvalue weighted by molar-refractivity contribution is 6.16. The quantitative estimate of drug-likeness (QED) is 0.122. The van der Waals surface area contributed by atoms with Crippen molar-refractivity contribution in [2.45, 2.75) is 39.5 Å². The van der Waals surface area contributed by atoms with Crippen LogP contribution in [0.15, 0.2) is 212 Å². The van der Waals surface area contributed by atoms with Crippen LogP contribution in [0.5, 0.6) is 0 Å². The van der Waals surface area contributed by atoms with Crippen molar-refractivity contribution in [3.8, 4) is 22.3 Å². The molecule has 266 valence electrons. The summed E-state index contributed by atoms with van der Waals surface area (Å²) in [4.78, 5) is 2.40. The Morgan fingerprint density at radius 2 is 1.46 bits per heavy atom. The van der Waals surface area contributed by atoms with Gasteiger partial charge in [-0.2, -0.15) is 0 Å². The lowest BCUT2D eigenvalue weighted by atomic mass is 9.84. The second-order valence-electron chi connectivity index (χ2n) is 13.8. The number of anilines is 1. The van der Waals surface area contributed by atoms with Crippen molar-refractivity contribution < 1.29 is 0 Å². The van der Waals surface area contributed by atoms with Crippen LogP contribution < -0.4 is 4.90 Å². The van der Waals surface area contributed by atoms with Crippen LogP contribution in [0.1, 0.15) is 45.1 Å². The molecule has 1 heterocycles. The lowest BCUT2D eigenvalue weighted by molar-refractivity contribution is 0.715. The summed E-state index contributed by atoms with van der Waals surface area (Å²) in [5.41, 5.74) is 14.5. The van der Waals surface area contributed by atoms with Crippen LogP contribution in [0.2, 0.25) is 0 Å². The van der Waals surface area contributed by atoms with Gasteiger partial charge in [-0.05, 0) is 122 Å². The van der Waals surface area contributed by atoms with Gasteiger partial charge in [-0.15, -0.1) is 0 Å². The van der Waals surface area contributed by atoms with E-state index in [1.54, 1.807) is 0 Å². The van der Waals surface area contributed by atoms with E-state index >= 15 is 0 Å². The molecule has 7 rings (SSSR count). The van der Waals surface area contributed by atoms with Crippen LogP contribution >= 0.6 is 0 Å². The number of fused-ring (bicyclic) bond motifs is 3. The highest BCUT2D eigenvalue weighted by Crippen LogP contribution is 2.43. The van der Waals surface area contributed by atoms with E-state index in [2.05, 4.69) is 207 Å². The first-order valence-corrected chi connectivity index (χ1v) is 18.9. The monoisotopic (exact) mass is 700 g/mol. The van der Waals surface area contributed by atoms with E-state index in [4.69, 9.17) is 0 Å². The van der Waals surface area contributed by atoms with Crippen molar-refractivity contribution in [2.75, 3.05) is 4.90 Å². The van der Waals surface area contributed by atoms with Gasteiger partial charge in [0, 0.05) is 39.5 Å². The normalized spacial score (nSPS) is 15.4. The molecule has 54 heavy (non-hydrogen) atoms. The Morgan fingerprint density at radius 3 is 2.22 bits per heavy atom. The van der Waals surface area contributed by atoms with E-state index in [1.165, 1.54) is 60.9 Å². The number of hydrogen-bond donors (Lipinski definition) is 0. The van der Waals surface area contributed by atoms with Gasteiger partial charge in [0.05, 0.1) is 11.0 Å². The van der Waals surface area contributed by atoms with Crippen molar-refractivity contribution in [1.29, 1.82) is 0 Å². The molecule has 0 radical (unpaired) electrons. The number of benzene rings is 5. The summed E-state index contributed by atoms with van der Waals surface area (Å²) in [5, 5.41) is 2.49. The molecule has 1 unspecified atom stereocenters. The minimum absolute atomic E-state index is 0.206. The predicted octanol–water partition coefficient (Wildman–Crippen LogP) is 14.6. The van der Waals surface area contributed by atoms with Crippen molar-refractivity contribution in [2.24, 2.45) is 0 Å². The number of para-hydroxylation sites is 2. The number of aromatic nitrogens is 1. The molecule has 0 bridgehead atoms. The maximum absolute atomic E-state index is 4.04. The minimum atomic E-state index is 0.206. The number of rotatable bonds is 11. The Labute approximate surface area is 321 Å². The smallest absolute Gasteiger partial charge is 0.0547 e. The number of hydrogen-bond acceptors (Lipinski definition) is 1. The molecule has 0 spiro atoms. The summed E-state index contributed by atoms with van der Waals surface area (Å²) < 4.78 is 2.37. The standard InChI is InChI=1S/C52H48N2/c1-6-9-12-24-38(4)53(45-27-15-11-16-28-45)49-32-19-17-29-46(39(49)5)42-35-41(40-25-13-10-14-26-40)36-43(37-42)47-31-21-34-51-52(47)48-30-18-20-33-50(48)54(51)44(22-7-2)23-8-3/h6-16,18-28,30-37,46H,1-2,17,29H2,3-5H3/b12-9-,23-8-,38-24+,44-22+. The molecule has 0 fully saturated rings. The van der Waals surface area contributed by atoms with Gasteiger partial charge in [0.1, 0.15) is 0 Å². The van der Waals surface area contributed by atoms with E-state index in [9.17, 15) is 0 Å². The van der Waals surface area contributed by atoms with Gasteiger partial charge in [0.25, 0.3) is 0 Å². The fourth-order valence-corrected chi connectivity index (χ4v) is 7.95. The van der Waals surface area contributed by atoms with Gasteiger partial charge in [-0.1, -0.05) is 141 Å². The first-order chi connectivity index (χ1) is 26.5. The summed E-state index contributed by atoms with van der Waals surface area (Å²) in [5.74, 6) is 0.206. The molecule has 5 aromatic carbocycles. The molecule has 2 heteroatoms. The molecule has 0 saturated heterocycles. The van der Waals surface area contributed by atoms with Crippen LogP contribution in [0.3, 0.4) is 0 Å². The van der Waals surface area contributed by atoms with Crippen LogP contribution in [0, 0.1) is 0 Å². The fraction of sp³-hybridized carbons (Fsp3) is 0.115. The molecule has 0 saturated carbocycles. The zero-order valence-corrected chi connectivity index (χ0v) is 31.6. The average Bonchev–Trinajstić information content (AvgIpc) is 3.43. The molecule has 1 atom stereocenters. The maximum Gasteiger partial charge on any atom is 0.0547 e. The molecule has 2 nitrogen and oxygen atoms in total. The molecular weight excluding hydrogens is 653 g/mol. The topological polar surface area (TPSA) is 8.17 Å². The van der Waals surface area contributed by atoms with Gasteiger partial charge < -0.3 is 9.47 Å². The van der Waals surface area contributed by atoms with Crippen molar-refractivity contribution in [3.05, 3.63) is 218 Å². The summed E-state index contributed by atoms with van der Waals surface area (Å²) in [7, 11) is 0. The molecule has 0 N–H and O–H groups in total. The van der Waals surface area contributed by atoms with E-state index < -0.39 is 0 Å². The van der Waals surface area contributed by atoms with Gasteiger partial charge in [-0.25, -0.2) is 0 Å². The van der Waals surface area contributed by atoms with E-state index in [-0.39, 0.29) is 5.92 Å². The Bertz CT molecular complexity index is 2500. The average molecular weight is 701 g/mol. The number of allylic oxidation sites excluding steroid dienone is 13. The summed E-state index contributed by atoms with van der Waals surface area (Å²) in [6.45, 7) is 14.5.